The standard InChI is InChI=1S/C27H25NO3S/c1-17-10-11-26(32-17)18-12-19-14-30-15-20(13-18)28(19)27(29)31-16-25-23-8-4-2-6-21(23)22-7-3-5-9-24(22)25/h2-12,19-20,25H,13-16H2,1H3. The Labute approximate surface area is 192 Å². The summed E-state index contributed by atoms with van der Waals surface area (Å²) in [6, 6.07) is 21.1. The number of fused-ring (bicyclic) bond motifs is 5. The summed E-state index contributed by atoms with van der Waals surface area (Å²) < 4.78 is 11.8. The summed E-state index contributed by atoms with van der Waals surface area (Å²) in [6.45, 7) is 3.56. The fraction of sp³-hybridized carbons (Fsp3) is 0.296. The number of morpholine rings is 1. The summed E-state index contributed by atoms with van der Waals surface area (Å²) in [4.78, 5) is 17.8. The molecule has 162 valence electrons. The average molecular weight is 444 g/mol. The maximum absolute atomic E-state index is 13.3. The molecule has 3 aromatic rings. The number of thiophene rings is 1. The predicted octanol–water partition coefficient (Wildman–Crippen LogP) is 5.86. The van der Waals surface area contributed by atoms with Gasteiger partial charge in [0, 0.05) is 15.7 Å². The van der Waals surface area contributed by atoms with Crippen LogP contribution in [0.1, 0.15) is 33.2 Å². The Bertz CT molecular complexity index is 1170. The van der Waals surface area contributed by atoms with Gasteiger partial charge in [0.2, 0.25) is 0 Å². The Hall–Kier alpha value is -2.89. The van der Waals surface area contributed by atoms with Gasteiger partial charge in [-0.25, -0.2) is 4.79 Å². The first kappa shape index (κ1) is 19.8. The molecule has 2 aromatic carbocycles. The van der Waals surface area contributed by atoms with Gasteiger partial charge in [-0.15, -0.1) is 11.3 Å². The third-order valence-electron chi connectivity index (χ3n) is 6.80. The molecular formula is C27H25NO3S. The molecule has 0 spiro atoms. The minimum absolute atomic E-state index is 0.0202. The van der Waals surface area contributed by atoms with Crippen molar-refractivity contribution in [3.8, 4) is 11.1 Å². The van der Waals surface area contributed by atoms with Crippen LogP contribution in [0.3, 0.4) is 0 Å². The van der Waals surface area contributed by atoms with Gasteiger partial charge in [-0.1, -0.05) is 54.6 Å². The number of hydrogen-bond acceptors (Lipinski definition) is 4. The maximum atomic E-state index is 13.3. The quantitative estimate of drug-likeness (QED) is 0.509. The van der Waals surface area contributed by atoms with Crippen LogP contribution in [0.2, 0.25) is 0 Å². The average Bonchev–Trinajstić information content (AvgIpc) is 3.38. The molecule has 1 amide bonds. The molecule has 4 nitrogen and oxygen atoms in total. The molecule has 3 heterocycles. The van der Waals surface area contributed by atoms with Gasteiger partial charge in [-0.2, -0.15) is 0 Å². The second-order valence-electron chi connectivity index (χ2n) is 8.78. The number of rotatable bonds is 3. The van der Waals surface area contributed by atoms with E-state index in [0.29, 0.717) is 19.8 Å². The Balaban J connectivity index is 1.22. The molecule has 6 rings (SSSR count). The van der Waals surface area contributed by atoms with E-state index in [0.717, 1.165) is 6.42 Å². The van der Waals surface area contributed by atoms with Crippen molar-refractivity contribution in [2.24, 2.45) is 0 Å². The molecule has 1 fully saturated rings. The molecule has 2 bridgehead atoms. The van der Waals surface area contributed by atoms with Crippen molar-refractivity contribution in [1.29, 1.82) is 0 Å². The normalized spacial score (nSPS) is 21.7. The van der Waals surface area contributed by atoms with Crippen molar-refractivity contribution >= 4 is 23.0 Å². The van der Waals surface area contributed by atoms with Crippen LogP contribution in [-0.2, 0) is 9.47 Å². The summed E-state index contributed by atoms with van der Waals surface area (Å²) in [6.07, 6.45) is 2.77. The zero-order valence-electron chi connectivity index (χ0n) is 18.0. The van der Waals surface area contributed by atoms with Gasteiger partial charge < -0.3 is 9.47 Å². The molecule has 1 aliphatic carbocycles. The molecular weight excluding hydrogens is 418 g/mol. The molecule has 0 N–H and O–H groups in total. The van der Waals surface area contributed by atoms with Crippen LogP contribution in [0.5, 0.6) is 0 Å². The van der Waals surface area contributed by atoms with Crippen LogP contribution in [0.25, 0.3) is 16.7 Å². The van der Waals surface area contributed by atoms with Crippen molar-refractivity contribution in [2.45, 2.75) is 31.3 Å². The number of hydrogen-bond donors (Lipinski definition) is 0. The maximum Gasteiger partial charge on any atom is 0.410 e. The lowest BCUT2D eigenvalue weighted by molar-refractivity contribution is -0.0331. The largest absolute Gasteiger partial charge is 0.448 e. The first-order valence-electron chi connectivity index (χ1n) is 11.2. The van der Waals surface area contributed by atoms with E-state index in [1.165, 1.54) is 37.6 Å². The summed E-state index contributed by atoms with van der Waals surface area (Å²) in [5, 5.41) is 0. The molecule has 2 aliphatic heterocycles. The molecule has 32 heavy (non-hydrogen) atoms. The smallest absolute Gasteiger partial charge is 0.410 e. The lowest BCUT2D eigenvalue weighted by atomic mass is 9.93. The number of amides is 1. The van der Waals surface area contributed by atoms with E-state index in [4.69, 9.17) is 9.47 Å². The highest BCUT2D eigenvalue weighted by molar-refractivity contribution is 7.13. The van der Waals surface area contributed by atoms with Crippen LogP contribution in [0.15, 0.2) is 66.7 Å². The number of carbonyl (C=O) groups excluding carboxylic acids is 1. The molecule has 3 aliphatic rings. The summed E-state index contributed by atoms with van der Waals surface area (Å²) >= 11 is 1.81. The fourth-order valence-electron chi connectivity index (χ4n) is 5.34. The lowest BCUT2D eigenvalue weighted by Crippen LogP contribution is -2.56. The lowest BCUT2D eigenvalue weighted by Gasteiger charge is -2.43. The number of aryl methyl sites for hydroxylation is 1. The van der Waals surface area contributed by atoms with Gasteiger partial charge in [-0.05, 0) is 53.3 Å². The fourth-order valence-corrected chi connectivity index (χ4v) is 6.24. The van der Waals surface area contributed by atoms with Gasteiger partial charge >= 0.3 is 6.09 Å². The van der Waals surface area contributed by atoms with Crippen molar-refractivity contribution in [3.63, 3.8) is 0 Å². The van der Waals surface area contributed by atoms with Gasteiger partial charge in [0.15, 0.2) is 0 Å². The summed E-state index contributed by atoms with van der Waals surface area (Å²) in [5.41, 5.74) is 6.28. The highest BCUT2D eigenvalue weighted by atomic mass is 32.1. The SMILES string of the molecule is Cc1ccc(C2=CC3COCC(C2)N3C(=O)OCC2c3ccccc3-c3ccccc32)s1. The number of ether oxygens (including phenoxy) is 2. The van der Waals surface area contributed by atoms with E-state index in [1.807, 2.05) is 16.2 Å². The summed E-state index contributed by atoms with van der Waals surface area (Å²) in [7, 11) is 0. The highest BCUT2D eigenvalue weighted by Gasteiger charge is 2.40. The molecule has 0 saturated carbocycles. The first-order valence-corrected chi connectivity index (χ1v) is 12.0. The summed E-state index contributed by atoms with van der Waals surface area (Å²) in [5.74, 6) is 0.0763. The van der Waals surface area contributed by atoms with Crippen molar-refractivity contribution in [3.05, 3.63) is 87.6 Å². The van der Waals surface area contributed by atoms with Gasteiger partial charge in [0.25, 0.3) is 0 Å². The van der Waals surface area contributed by atoms with Gasteiger partial charge in [0.1, 0.15) is 6.61 Å². The van der Waals surface area contributed by atoms with E-state index < -0.39 is 0 Å². The van der Waals surface area contributed by atoms with E-state index >= 15 is 0 Å². The van der Waals surface area contributed by atoms with E-state index in [1.54, 1.807) is 0 Å². The topological polar surface area (TPSA) is 38.8 Å². The zero-order valence-corrected chi connectivity index (χ0v) is 18.8. The van der Waals surface area contributed by atoms with E-state index in [2.05, 4.69) is 73.7 Å². The predicted molar refractivity (Wildman–Crippen MR) is 127 cm³/mol. The minimum Gasteiger partial charge on any atom is -0.448 e. The molecule has 1 aromatic heterocycles. The van der Waals surface area contributed by atoms with Crippen LogP contribution >= 0.6 is 11.3 Å². The molecule has 2 atom stereocenters. The monoisotopic (exact) mass is 443 g/mol. The Kier molecular flexibility index (Phi) is 4.89. The molecule has 2 unspecified atom stereocenters. The molecule has 1 saturated heterocycles. The van der Waals surface area contributed by atoms with Crippen LogP contribution in [-0.4, -0.2) is 42.9 Å². The third kappa shape index (κ3) is 3.28. The molecule has 5 heteroatoms. The Morgan fingerprint density at radius 2 is 1.75 bits per heavy atom. The van der Waals surface area contributed by atoms with Crippen molar-refractivity contribution in [1.82, 2.24) is 4.90 Å². The number of carbonyl (C=O) groups is 1. The van der Waals surface area contributed by atoms with Gasteiger partial charge in [-0.3, -0.25) is 4.90 Å². The Morgan fingerprint density at radius 3 is 2.41 bits per heavy atom. The Morgan fingerprint density at radius 1 is 1.03 bits per heavy atom. The van der Waals surface area contributed by atoms with Crippen LogP contribution in [0.4, 0.5) is 4.79 Å². The van der Waals surface area contributed by atoms with Crippen molar-refractivity contribution in [2.75, 3.05) is 19.8 Å². The number of nitrogens with zero attached hydrogens (tertiary/aromatic N) is 1. The minimum atomic E-state index is -0.233. The van der Waals surface area contributed by atoms with E-state index in [-0.39, 0.29) is 24.1 Å². The second-order valence-corrected chi connectivity index (χ2v) is 10.1. The molecule has 0 radical (unpaired) electrons. The second kappa shape index (κ2) is 7.91. The first-order chi connectivity index (χ1) is 15.7. The van der Waals surface area contributed by atoms with Crippen molar-refractivity contribution < 1.29 is 14.3 Å². The van der Waals surface area contributed by atoms with Crippen LogP contribution < -0.4 is 0 Å². The zero-order chi connectivity index (χ0) is 21.7. The van der Waals surface area contributed by atoms with Crippen LogP contribution in [0, 0.1) is 6.92 Å². The highest BCUT2D eigenvalue weighted by Crippen LogP contribution is 2.44. The number of benzene rings is 2. The van der Waals surface area contributed by atoms with Gasteiger partial charge in [0.05, 0.1) is 25.3 Å². The van der Waals surface area contributed by atoms with E-state index in [9.17, 15) is 4.79 Å². The third-order valence-corrected chi connectivity index (χ3v) is 7.88.